The molecule has 0 spiro atoms. The van der Waals surface area contributed by atoms with Gasteiger partial charge >= 0.3 is 0 Å². The summed E-state index contributed by atoms with van der Waals surface area (Å²) < 4.78 is 6.84. The maximum absolute atomic E-state index is 13.3. The van der Waals surface area contributed by atoms with Crippen molar-refractivity contribution in [2.75, 3.05) is 0 Å². The third-order valence-electron chi connectivity index (χ3n) is 5.58. The van der Waals surface area contributed by atoms with Crippen molar-refractivity contribution < 1.29 is 18.8 Å². The van der Waals surface area contributed by atoms with E-state index in [2.05, 4.69) is 25.6 Å². The van der Waals surface area contributed by atoms with Crippen LogP contribution in [0.25, 0.3) is 17.3 Å². The number of Topliss-reactive ketones (excluding diaryl/α,β-unsaturated/α-hetero) is 1. The minimum absolute atomic E-state index is 0.0305. The van der Waals surface area contributed by atoms with E-state index in [-0.39, 0.29) is 18.2 Å². The third kappa shape index (κ3) is 5.16. The van der Waals surface area contributed by atoms with E-state index in [9.17, 15) is 14.4 Å². The van der Waals surface area contributed by atoms with Crippen LogP contribution < -0.4 is 10.6 Å². The monoisotopic (exact) mass is 470 g/mol. The number of aromatic nitrogens is 4. The molecule has 0 aliphatic heterocycles. The average Bonchev–Trinajstić information content (AvgIpc) is 3.33. The van der Waals surface area contributed by atoms with Crippen LogP contribution in [0.3, 0.4) is 0 Å². The molecule has 35 heavy (non-hydrogen) atoms. The minimum Gasteiger partial charge on any atom is -0.445 e. The van der Waals surface area contributed by atoms with Crippen molar-refractivity contribution in [2.45, 2.75) is 31.3 Å². The number of nitrogens with one attached hydrogen (secondary N) is 2. The highest BCUT2D eigenvalue weighted by Gasteiger charge is 2.32. The second-order valence-electron chi connectivity index (χ2n) is 8.22. The molecule has 10 heteroatoms. The smallest absolute Gasteiger partial charge is 0.289 e. The van der Waals surface area contributed by atoms with E-state index in [4.69, 9.17) is 4.42 Å². The van der Waals surface area contributed by atoms with E-state index < -0.39 is 23.6 Å². The molecule has 0 bridgehead atoms. The zero-order chi connectivity index (χ0) is 24.2. The zero-order valence-electron chi connectivity index (χ0n) is 18.6. The summed E-state index contributed by atoms with van der Waals surface area (Å²) >= 11 is 0. The number of amides is 2. The van der Waals surface area contributed by atoms with Crippen molar-refractivity contribution in [1.82, 2.24) is 30.2 Å². The van der Waals surface area contributed by atoms with Crippen molar-refractivity contribution in [3.8, 4) is 17.3 Å². The van der Waals surface area contributed by atoms with Gasteiger partial charge in [0, 0.05) is 24.2 Å². The zero-order valence-corrected chi connectivity index (χ0v) is 18.6. The van der Waals surface area contributed by atoms with Gasteiger partial charge in [0.25, 0.3) is 11.8 Å². The van der Waals surface area contributed by atoms with Gasteiger partial charge in [0.15, 0.2) is 0 Å². The molecule has 0 unspecified atom stereocenters. The summed E-state index contributed by atoms with van der Waals surface area (Å²) in [5.41, 5.74) is 1.66. The Morgan fingerprint density at radius 1 is 1.09 bits per heavy atom. The van der Waals surface area contributed by atoms with Crippen LogP contribution in [0, 0.1) is 0 Å². The summed E-state index contributed by atoms with van der Waals surface area (Å²) in [5.74, 6) is -1.11. The minimum atomic E-state index is -1.04. The Balaban J connectivity index is 1.39. The van der Waals surface area contributed by atoms with Gasteiger partial charge in [-0.05, 0) is 30.5 Å². The molecule has 4 aromatic rings. The van der Waals surface area contributed by atoms with Gasteiger partial charge in [0.1, 0.15) is 30.1 Å². The number of benzene rings is 1. The Kier molecular flexibility index (Phi) is 6.16. The molecule has 1 aliphatic rings. The van der Waals surface area contributed by atoms with E-state index in [1.807, 2.05) is 30.3 Å². The highest BCUT2D eigenvalue weighted by atomic mass is 16.3. The van der Waals surface area contributed by atoms with Gasteiger partial charge in [0.05, 0.1) is 12.4 Å². The summed E-state index contributed by atoms with van der Waals surface area (Å²) in [4.78, 5) is 51.3. The molecule has 1 aromatic carbocycles. The van der Waals surface area contributed by atoms with E-state index in [0.29, 0.717) is 17.3 Å². The fraction of sp³-hybridized carbons (Fsp3) is 0.200. The van der Waals surface area contributed by atoms with Gasteiger partial charge in [-0.3, -0.25) is 19.0 Å². The van der Waals surface area contributed by atoms with E-state index >= 15 is 0 Å². The average molecular weight is 470 g/mol. The number of imidazole rings is 1. The molecule has 2 amide bonds. The number of ketones is 1. The highest BCUT2D eigenvalue weighted by Crippen LogP contribution is 2.20. The van der Waals surface area contributed by atoms with Crippen LogP contribution in [-0.2, 0) is 16.0 Å². The quantitative estimate of drug-likeness (QED) is 0.358. The first kappa shape index (κ1) is 22.2. The summed E-state index contributed by atoms with van der Waals surface area (Å²) in [6.45, 7) is 0. The lowest BCUT2D eigenvalue weighted by atomic mass is 10.0. The molecule has 0 radical (unpaired) electrons. The number of hydrogen-bond acceptors (Lipinski definition) is 7. The predicted octanol–water partition coefficient (Wildman–Crippen LogP) is 2.11. The van der Waals surface area contributed by atoms with Crippen LogP contribution >= 0.6 is 0 Å². The molecular formula is C25H22N6O4. The number of hydrogen-bond donors (Lipinski definition) is 2. The molecule has 5 rings (SSSR count). The summed E-state index contributed by atoms with van der Waals surface area (Å²) in [7, 11) is 0. The van der Waals surface area contributed by atoms with Crippen LogP contribution in [0.5, 0.6) is 0 Å². The van der Waals surface area contributed by atoms with Crippen molar-refractivity contribution in [2.24, 2.45) is 0 Å². The number of carbonyl (C=O) groups excluding carboxylic acids is 3. The molecule has 1 aliphatic carbocycles. The lowest BCUT2D eigenvalue weighted by Crippen LogP contribution is -2.49. The SMILES string of the molecule is O=C(NC1CC1)C(=O)[C@H](Cc1ccccc1)NC(=O)c1cncn1-c1cc(-c2ncco2)ccn1. The number of nitrogens with zero attached hydrogens (tertiary/aromatic N) is 4. The second kappa shape index (κ2) is 9.72. The summed E-state index contributed by atoms with van der Waals surface area (Å²) in [6, 6.07) is 11.6. The number of oxazole rings is 1. The van der Waals surface area contributed by atoms with Crippen LogP contribution in [0.4, 0.5) is 0 Å². The molecule has 0 saturated heterocycles. The number of carbonyl (C=O) groups is 3. The van der Waals surface area contributed by atoms with Crippen molar-refractivity contribution in [3.05, 3.63) is 84.9 Å². The van der Waals surface area contributed by atoms with Crippen LogP contribution in [0.15, 0.2) is 78.1 Å². The van der Waals surface area contributed by atoms with Gasteiger partial charge in [-0.25, -0.2) is 15.0 Å². The van der Waals surface area contributed by atoms with E-state index in [0.717, 1.165) is 18.4 Å². The molecular weight excluding hydrogens is 448 g/mol. The third-order valence-corrected chi connectivity index (χ3v) is 5.58. The summed E-state index contributed by atoms with van der Waals surface area (Å²) in [6.07, 6.45) is 9.29. The lowest BCUT2D eigenvalue weighted by Gasteiger charge is -2.18. The van der Waals surface area contributed by atoms with Crippen LogP contribution in [-0.4, -0.2) is 49.2 Å². The first-order valence-corrected chi connectivity index (χ1v) is 11.2. The fourth-order valence-electron chi connectivity index (χ4n) is 3.63. The molecule has 1 fully saturated rings. The molecule has 176 valence electrons. The van der Waals surface area contributed by atoms with Crippen molar-refractivity contribution >= 4 is 17.6 Å². The first-order chi connectivity index (χ1) is 17.1. The molecule has 3 aromatic heterocycles. The van der Waals surface area contributed by atoms with Gasteiger partial charge in [-0.15, -0.1) is 0 Å². The van der Waals surface area contributed by atoms with Crippen LogP contribution in [0.2, 0.25) is 0 Å². The summed E-state index contributed by atoms with van der Waals surface area (Å²) in [5, 5.41) is 5.43. The Bertz CT molecular complexity index is 1350. The van der Waals surface area contributed by atoms with E-state index in [1.54, 1.807) is 18.3 Å². The maximum atomic E-state index is 13.3. The Labute approximate surface area is 200 Å². The van der Waals surface area contributed by atoms with Crippen molar-refractivity contribution in [1.29, 1.82) is 0 Å². The Morgan fingerprint density at radius 2 is 1.91 bits per heavy atom. The molecule has 1 saturated carbocycles. The van der Waals surface area contributed by atoms with Gasteiger partial charge in [0.2, 0.25) is 11.7 Å². The first-order valence-electron chi connectivity index (χ1n) is 11.2. The van der Waals surface area contributed by atoms with E-state index in [1.165, 1.54) is 29.6 Å². The Hall–Kier alpha value is -4.60. The van der Waals surface area contributed by atoms with Gasteiger partial charge < -0.3 is 15.1 Å². The maximum Gasteiger partial charge on any atom is 0.289 e. The highest BCUT2D eigenvalue weighted by molar-refractivity contribution is 6.38. The standard InChI is InChI=1S/C25H22N6O4/c32-22(24(34)29-18-6-7-18)19(12-16-4-2-1-3-5-16)30-23(33)20-14-26-15-31(20)21-13-17(8-9-27-21)25-28-10-11-35-25/h1-5,8-11,13-15,18-19H,6-7,12H2,(H,29,34)(H,30,33)/t19-/m0/s1. The molecule has 1 atom stereocenters. The number of pyridine rings is 1. The fourth-order valence-corrected chi connectivity index (χ4v) is 3.63. The Morgan fingerprint density at radius 3 is 2.66 bits per heavy atom. The predicted molar refractivity (Wildman–Crippen MR) is 124 cm³/mol. The topological polar surface area (TPSA) is 132 Å². The van der Waals surface area contributed by atoms with Crippen LogP contribution in [0.1, 0.15) is 28.9 Å². The van der Waals surface area contributed by atoms with Gasteiger partial charge in [-0.2, -0.15) is 0 Å². The van der Waals surface area contributed by atoms with Gasteiger partial charge in [-0.1, -0.05) is 30.3 Å². The normalized spacial score (nSPS) is 13.7. The lowest BCUT2D eigenvalue weighted by molar-refractivity contribution is -0.139. The molecule has 3 heterocycles. The molecule has 10 nitrogen and oxygen atoms in total. The second-order valence-corrected chi connectivity index (χ2v) is 8.22. The van der Waals surface area contributed by atoms with Crippen molar-refractivity contribution in [3.63, 3.8) is 0 Å². The largest absolute Gasteiger partial charge is 0.445 e. The molecule has 2 N–H and O–H groups in total. The number of rotatable bonds is 9.